The summed E-state index contributed by atoms with van der Waals surface area (Å²) >= 11 is 6.15. The van der Waals surface area contributed by atoms with Gasteiger partial charge in [0.05, 0.1) is 18.6 Å². The maximum atomic E-state index is 14.1. The Labute approximate surface area is 252 Å². The molecular weight excluding hydrogens is 578 g/mol. The van der Waals surface area contributed by atoms with Crippen LogP contribution < -0.4 is 5.32 Å². The summed E-state index contributed by atoms with van der Waals surface area (Å²) in [5, 5.41) is 32.9. The van der Waals surface area contributed by atoms with Crippen molar-refractivity contribution in [2.75, 3.05) is 5.32 Å². The zero-order chi connectivity index (χ0) is 31.3. The molecule has 43 heavy (non-hydrogen) atoms. The van der Waals surface area contributed by atoms with E-state index >= 15 is 0 Å². The van der Waals surface area contributed by atoms with Crippen molar-refractivity contribution < 1.29 is 33.7 Å². The van der Waals surface area contributed by atoms with E-state index in [0.717, 1.165) is 0 Å². The van der Waals surface area contributed by atoms with Crippen LogP contribution in [-0.2, 0) is 4.79 Å². The van der Waals surface area contributed by atoms with E-state index in [-0.39, 0.29) is 18.2 Å². The summed E-state index contributed by atoms with van der Waals surface area (Å²) < 4.78 is 29.8. The molecule has 2 atom stereocenters. The summed E-state index contributed by atoms with van der Waals surface area (Å²) in [5.41, 5.74) is 3.18. The van der Waals surface area contributed by atoms with E-state index in [2.05, 4.69) is 5.32 Å². The molecule has 0 aliphatic rings. The lowest BCUT2D eigenvalue weighted by Gasteiger charge is -2.17. The number of amides is 1. The van der Waals surface area contributed by atoms with Gasteiger partial charge in [-0.05, 0) is 73.5 Å². The SMILES string of the molecule is CC(C)n1c(C=C[C@@H](O)C[C@@H](O)CC(=O)O)c(-c2ccc(F)cc2)c(-c2ccc(F)cc2)c1C(=O)Nc1cccc(Cl)c1. The number of carbonyl (C=O) groups excluding carboxylic acids is 1. The number of hydrogen-bond acceptors (Lipinski definition) is 4. The van der Waals surface area contributed by atoms with Crippen LogP contribution in [0.3, 0.4) is 0 Å². The summed E-state index contributed by atoms with van der Waals surface area (Å²) in [4.78, 5) is 25.0. The molecule has 0 radical (unpaired) electrons. The number of rotatable bonds is 11. The van der Waals surface area contributed by atoms with Gasteiger partial charge in [-0.1, -0.05) is 48.0 Å². The zero-order valence-electron chi connectivity index (χ0n) is 23.5. The predicted molar refractivity (Wildman–Crippen MR) is 163 cm³/mol. The maximum Gasteiger partial charge on any atom is 0.305 e. The van der Waals surface area contributed by atoms with Gasteiger partial charge in [-0.2, -0.15) is 0 Å². The highest BCUT2D eigenvalue weighted by atomic mass is 35.5. The highest BCUT2D eigenvalue weighted by molar-refractivity contribution is 6.31. The summed E-state index contributed by atoms with van der Waals surface area (Å²) in [6.45, 7) is 3.73. The summed E-state index contributed by atoms with van der Waals surface area (Å²) in [5.74, 6) is -2.62. The van der Waals surface area contributed by atoms with Gasteiger partial charge in [0.15, 0.2) is 0 Å². The number of benzene rings is 3. The van der Waals surface area contributed by atoms with Crippen LogP contribution in [0.5, 0.6) is 0 Å². The van der Waals surface area contributed by atoms with E-state index in [4.69, 9.17) is 16.7 Å². The van der Waals surface area contributed by atoms with Gasteiger partial charge in [0, 0.05) is 40.0 Å². The molecule has 3 aromatic carbocycles. The first kappa shape index (κ1) is 31.6. The summed E-state index contributed by atoms with van der Waals surface area (Å²) in [6.07, 6.45) is -0.275. The molecule has 1 heterocycles. The van der Waals surface area contributed by atoms with Crippen LogP contribution in [0.2, 0.25) is 5.02 Å². The molecular formula is C33H31ClF2N2O5. The standard InChI is InChI=1S/C33H31ClF2N2O5/c1-19(2)38-28(15-14-26(39)17-27(40)18-29(41)42)30(20-6-10-23(35)11-7-20)31(21-8-12-24(36)13-9-21)32(38)33(43)37-25-5-3-4-22(34)16-25/h3-16,19,26-27,39-40H,17-18H2,1-2H3,(H,37,43)(H,41,42)/t26-,27-/m1/s1. The molecule has 1 aromatic heterocycles. The monoisotopic (exact) mass is 608 g/mol. The fourth-order valence-corrected chi connectivity index (χ4v) is 5.13. The molecule has 0 saturated carbocycles. The number of nitrogens with one attached hydrogen (secondary N) is 1. The van der Waals surface area contributed by atoms with Gasteiger partial charge >= 0.3 is 5.97 Å². The fourth-order valence-electron chi connectivity index (χ4n) is 4.94. The van der Waals surface area contributed by atoms with Crippen LogP contribution >= 0.6 is 11.6 Å². The number of nitrogens with zero attached hydrogens (tertiary/aromatic N) is 1. The highest BCUT2D eigenvalue weighted by Crippen LogP contribution is 2.43. The molecule has 0 spiro atoms. The van der Waals surface area contributed by atoms with E-state index in [1.165, 1.54) is 30.3 Å². The van der Waals surface area contributed by atoms with Crippen molar-refractivity contribution in [3.8, 4) is 22.3 Å². The van der Waals surface area contributed by atoms with Crippen molar-refractivity contribution in [2.24, 2.45) is 0 Å². The first-order valence-electron chi connectivity index (χ1n) is 13.6. The number of carbonyl (C=O) groups is 2. The second kappa shape index (κ2) is 13.8. The van der Waals surface area contributed by atoms with E-state index < -0.39 is 42.1 Å². The summed E-state index contributed by atoms with van der Waals surface area (Å²) in [7, 11) is 0. The minimum Gasteiger partial charge on any atom is -0.481 e. The van der Waals surface area contributed by atoms with Gasteiger partial charge in [-0.25, -0.2) is 8.78 Å². The number of anilines is 1. The predicted octanol–water partition coefficient (Wildman–Crippen LogP) is 7.19. The zero-order valence-corrected chi connectivity index (χ0v) is 24.2. The fraction of sp³-hybridized carbons (Fsp3) is 0.212. The molecule has 224 valence electrons. The topological polar surface area (TPSA) is 112 Å². The van der Waals surface area contributed by atoms with Crippen molar-refractivity contribution in [2.45, 2.75) is 44.9 Å². The first-order valence-corrected chi connectivity index (χ1v) is 14.0. The van der Waals surface area contributed by atoms with Crippen LogP contribution in [0.25, 0.3) is 28.3 Å². The highest BCUT2D eigenvalue weighted by Gasteiger charge is 2.29. The second-order valence-electron chi connectivity index (χ2n) is 10.3. The molecule has 4 N–H and O–H groups in total. The number of aliphatic hydroxyl groups is 2. The van der Waals surface area contributed by atoms with Gasteiger partial charge in [0.1, 0.15) is 17.3 Å². The normalized spacial score (nSPS) is 12.9. The Morgan fingerprint density at radius 3 is 2.05 bits per heavy atom. The largest absolute Gasteiger partial charge is 0.481 e. The van der Waals surface area contributed by atoms with Crippen LogP contribution in [0.15, 0.2) is 78.9 Å². The van der Waals surface area contributed by atoms with Crippen molar-refractivity contribution in [3.63, 3.8) is 0 Å². The van der Waals surface area contributed by atoms with Crippen LogP contribution in [-0.4, -0.2) is 44.0 Å². The number of aliphatic carboxylic acids is 1. The van der Waals surface area contributed by atoms with Crippen molar-refractivity contribution >= 4 is 35.2 Å². The summed E-state index contributed by atoms with van der Waals surface area (Å²) in [6, 6.07) is 17.7. The molecule has 0 saturated heterocycles. The molecule has 7 nitrogen and oxygen atoms in total. The Morgan fingerprint density at radius 2 is 1.51 bits per heavy atom. The van der Waals surface area contributed by atoms with Gasteiger partial charge in [-0.15, -0.1) is 0 Å². The Bertz CT molecular complexity index is 1630. The van der Waals surface area contributed by atoms with Gasteiger partial charge in [-0.3, -0.25) is 9.59 Å². The molecule has 10 heteroatoms. The van der Waals surface area contributed by atoms with E-state index in [0.29, 0.717) is 38.7 Å². The average molecular weight is 609 g/mol. The number of carboxylic acid groups (broad SMARTS) is 1. The molecule has 0 aliphatic carbocycles. The Kier molecular flexibility index (Phi) is 10.1. The molecule has 0 unspecified atom stereocenters. The number of halogens is 3. The van der Waals surface area contributed by atoms with Crippen LogP contribution in [0.1, 0.15) is 48.9 Å². The van der Waals surface area contributed by atoms with Gasteiger partial charge in [0.25, 0.3) is 5.91 Å². The smallest absolute Gasteiger partial charge is 0.305 e. The van der Waals surface area contributed by atoms with Crippen molar-refractivity contribution in [3.05, 3.63) is 107 Å². The maximum absolute atomic E-state index is 14.1. The lowest BCUT2D eigenvalue weighted by Crippen LogP contribution is -2.20. The lowest BCUT2D eigenvalue weighted by molar-refractivity contribution is -0.139. The Hall–Kier alpha value is -4.31. The molecule has 4 aromatic rings. The van der Waals surface area contributed by atoms with Crippen molar-refractivity contribution in [1.82, 2.24) is 4.57 Å². The van der Waals surface area contributed by atoms with E-state index in [9.17, 15) is 28.6 Å². The van der Waals surface area contributed by atoms with Gasteiger partial charge in [0.2, 0.25) is 0 Å². The van der Waals surface area contributed by atoms with Crippen molar-refractivity contribution in [1.29, 1.82) is 0 Å². The molecule has 0 bridgehead atoms. The molecule has 0 fully saturated rings. The molecule has 0 aliphatic heterocycles. The number of hydrogen-bond donors (Lipinski definition) is 4. The number of aromatic nitrogens is 1. The minimum atomic E-state index is -1.28. The second-order valence-corrected chi connectivity index (χ2v) is 10.8. The number of carboxylic acids is 1. The lowest BCUT2D eigenvalue weighted by atomic mass is 9.94. The number of aliphatic hydroxyl groups excluding tert-OH is 2. The third-order valence-corrected chi connectivity index (χ3v) is 6.96. The first-order chi connectivity index (χ1) is 20.4. The van der Waals surface area contributed by atoms with E-state index in [1.54, 1.807) is 59.2 Å². The quantitative estimate of drug-likeness (QED) is 0.144. The Balaban J connectivity index is 1.98. The third-order valence-electron chi connectivity index (χ3n) is 6.72. The van der Waals surface area contributed by atoms with Gasteiger partial charge < -0.3 is 25.2 Å². The molecule has 4 rings (SSSR count). The minimum absolute atomic E-state index is 0.223. The third kappa shape index (κ3) is 7.75. The van der Waals surface area contributed by atoms with E-state index in [1.807, 2.05) is 13.8 Å². The Morgan fingerprint density at radius 1 is 0.930 bits per heavy atom. The molecule has 1 amide bonds. The average Bonchev–Trinajstić information content (AvgIpc) is 3.28. The van der Waals surface area contributed by atoms with Crippen LogP contribution in [0.4, 0.5) is 14.5 Å². The van der Waals surface area contributed by atoms with Crippen LogP contribution in [0, 0.1) is 11.6 Å².